The van der Waals surface area contributed by atoms with Gasteiger partial charge in [0.1, 0.15) is 23.2 Å². The Morgan fingerprint density at radius 1 is 1.06 bits per heavy atom. The summed E-state index contributed by atoms with van der Waals surface area (Å²) in [5.41, 5.74) is 2.33. The van der Waals surface area contributed by atoms with Crippen LogP contribution in [0.1, 0.15) is 24.1 Å². The molecule has 1 saturated heterocycles. The molecule has 8 heteroatoms. The Balaban J connectivity index is 1.60. The zero-order chi connectivity index (χ0) is 24.7. The van der Waals surface area contributed by atoms with Crippen molar-refractivity contribution in [2.45, 2.75) is 25.6 Å². The predicted molar refractivity (Wildman–Crippen MR) is 139 cm³/mol. The second-order valence-electron chi connectivity index (χ2n) is 8.86. The van der Waals surface area contributed by atoms with E-state index >= 15 is 0 Å². The first-order valence-electron chi connectivity index (χ1n) is 11.3. The summed E-state index contributed by atoms with van der Waals surface area (Å²) in [5.74, 6) is 1.24. The van der Waals surface area contributed by atoms with Gasteiger partial charge >= 0.3 is 0 Å². The van der Waals surface area contributed by atoms with E-state index < -0.39 is 17.7 Å². The number of rotatable bonds is 5. The molecule has 2 aliphatic heterocycles. The van der Waals surface area contributed by atoms with E-state index in [1.807, 2.05) is 85.5 Å². The van der Waals surface area contributed by atoms with Crippen LogP contribution in [-0.4, -0.2) is 31.0 Å². The van der Waals surface area contributed by atoms with E-state index in [2.05, 4.69) is 10.6 Å². The second-order valence-corrected chi connectivity index (χ2v) is 9.24. The number of anilines is 2. The first-order chi connectivity index (χ1) is 16.8. The van der Waals surface area contributed by atoms with E-state index in [1.165, 1.54) is 0 Å². The minimum Gasteiger partial charge on any atom is -0.497 e. The molecule has 5 rings (SSSR count). The molecule has 2 bridgehead atoms. The Labute approximate surface area is 210 Å². The highest BCUT2D eigenvalue weighted by Crippen LogP contribution is 2.50. The summed E-state index contributed by atoms with van der Waals surface area (Å²) in [6.07, 6.45) is 0. The Morgan fingerprint density at radius 2 is 1.77 bits per heavy atom. The van der Waals surface area contributed by atoms with Crippen molar-refractivity contribution in [2.75, 3.05) is 24.4 Å². The number of fused-ring (bicyclic) bond motifs is 4. The zero-order valence-electron chi connectivity index (χ0n) is 20.0. The summed E-state index contributed by atoms with van der Waals surface area (Å²) in [5, 5.41) is 6.97. The molecular weight excluding hydrogens is 462 g/mol. The molecule has 0 aliphatic carbocycles. The molecule has 2 aliphatic rings. The van der Waals surface area contributed by atoms with Crippen molar-refractivity contribution < 1.29 is 19.0 Å². The number of methoxy groups -OCH3 is 2. The molecule has 1 fully saturated rings. The number of ether oxygens (including phenoxy) is 3. The lowest BCUT2D eigenvalue weighted by Gasteiger charge is -2.56. The highest BCUT2D eigenvalue weighted by atomic mass is 32.1. The van der Waals surface area contributed by atoms with E-state index in [0.717, 1.165) is 16.8 Å². The van der Waals surface area contributed by atoms with Gasteiger partial charge in [0.25, 0.3) is 0 Å². The minimum atomic E-state index is -1.08. The van der Waals surface area contributed by atoms with Crippen molar-refractivity contribution in [1.29, 1.82) is 0 Å². The second kappa shape index (κ2) is 8.78. The lowest BCUT2D eigenvalue weighted by atomic mass is 9.78. The lowest BCUT2D eigenvalue weighted by molar-refractivity contribution is -0.130. The maximum atomic E-state index is 13.9. The molecule has 7 nitrogen and oxygen atoms in total. The smallest absolute Gasteiger partial charge is 0.236 e. The maximum absolute atomic E-state index is 13.9. The van der Waals surface area contributed by atoms with Crippen molar-refractivity contribution in [3.63, 3.8) is 0 Å². The monoisotopic (exact) mass is 489 g/mol. The van der Waals surface area contributed by atoms with Gasteiger partial charge in [-0.1, -0.05) is 12.1 Å². The fraction of sp³-hybridized carbons (Fsp3) is 0.259. The van der Waals surface area contributed by atoms with Gasteiger partial charge < -0.3 is 24.8 Å². The van der Waals surface area contributed by atoms with Gasteiger partial charge in [-0.25, -0.2) is 0 Å². The molecule has 0 spiro atoms. The van der Waals surface area contributed by atoms with Crippen LogP contribution < -0.4 is 29.7 Å². The van der Waals surface area contributed by atoms with Crippen molar-refractivity contribution >= 4 is 34.6 Å². The van der Waals surface area contributed by atoms with Crippen LogP contribution in [0.3, 0.4) is 0 Å². The van der Waals surface area contributed by atoms with E-state index in [-0.39, 0.29) is 5.91 Å². The summed E-state index contributed by atoms with van der Waals surface area (Å²) in [6, 6.07) is 20.4. The molecule has 0 saturated carbocycles. The van der Waals surface area contributed by atoms with Crippen molar-refractivity contribution in [3.8, 4) is 17.2 Å². The van der Waals surface area contributed by atoms with Crippen molar-refractivity contribution in [2.24, 2.45) is 5.92 Å². The molecule has 180 valence electrons. The van der Waals surface area contributed by atoms with Crippen LogP contribution in [-0.2, 0) is 4.79 Å². The van der Waals surface area contributed by atoms with Gasteiger partial charge in [-0.2, -0.15) is 0 Å². The maximum Gasteiger partial charge on any atom is 0.236 e. The summed E-state index contributed by atoms with van der Waals surface area (Å²) < 4.78 is 17.3. The van der Waals surface area contributed by atoms with Crippen molar-refractivity contribution in [1.82, 2.24) is 5.32 Å². The number of thiocarbonyl (C=S) groups is 1. The number of hydrogen-bond donors (Lipinski definition) is 2. The Hall–Kier alpha value is -3.78. The highest BCUT2D eigenvalue weighted by Gasteiger charge is 2.59. The number of carbonyl (C=O) groups is 1. The summed E-state index contributed by atoms with van der Waals surface area (Å²) in [7, 11) is 3.22. The molecule has 0 aromatic heterocycles. The molecule has 2 N–H and O–H groups in total. The molecule has 3 atom stereocenters. The van der Waals surface area contributed by atoms with Crippen LogP contribution in [0.15, 0.2) is 66.7 Å². The van der Waals surface area contributed by atoms with E-state index in [9.17, 15) is 4.79 Å². The zero-order valence-corrected chi connectivity index (χ0v) is 20.8. The van der Waals surface area contributed by atoms with E-state index in [4.69, 9.17) is 26.4 Å². The van der Waals surface area contributed by atoms with E-state index in [1.54, 1.807) is 14.2 Å². The molecule has 2 heterocycles. The molecule has 0 radical (unpaired) electrons. The van der Waals surface area contributed by atoms with Gasteiger partial charge in [-0.05, 0) is 86.2 Å². The Kier molecular flexibility index (Phi) is 5.76. The molecule has 1 amide bonds. The molecule has 3 aromatic carbocycles. The lowest BCUT2D eigenvalue weighted by Crippen LogP contribution is -2.72. The summed E-state index contributed by atoms with van der Waals surface area (Å²) in [4.78, 5) is 15.8. The number of carbonyl (C=O) groups excluding carboxylic acids is 1. The average molecular weight is 490 g/mol. The standard InChI is InChI=1S/C27H27N3O4S/c1-16-6-5-7-18(14-16)30-26(35)29-24-21-15-20(33-4)12-13-22(21)34-27(30,2)23(24)25(31)28-17-8-10-19(32-3)11-9-17/h5-15,23-24H,1-4H3,(H,28,31)(H,29,35)/t23-,24+,27-/m0/s1. The fourth-order valence-corrected chi connectivity index (χ4v) is 5.35. The van der Waals surface area contributed by atoms with Gasteiger partial charge in [0.2, 0.25) is 5.91 Å². The first kappa shape index (κ1) is 23.0. The third-order valence-corrected chi connectivity index (χ3v) is 6.91. The third-order valence-electron chi connectivity index (χ3n) is 6.60. The topological polar surface area (TPSA) is 72.1 Å². The van der Waals surface area contributed by atoms with Gasteiger partial charge in [-0.3, -0.25) is 9.69 Å². The van der Waals surface area contributed by atoms with Crippen LogP contribution in [0.25, 0.3) is 0 Å². The fourth-order valence-electron chi connectivity index (χ4n) is 4.94. The van der Waals surface area contributed by atoms with Gasteiger partial charge in [0.15, 0.2) is 10.8 Å². The van der Waals surface area contributed by atoms with E-state index in [0.29, 0.717) is 28.0 Å². The van der Waals surface area contributed by atoms with Crippen LogP contribution in [0, 0.1) is 12.8 Å². The number of benzene rings is 3. The third kappa shape index (κ3) is 3.93. The Morgan fingerprint density at radius 3 is 2.46 bits per heavy atom. The summed E-state index contributed by atoms with van der Waals surface area (Å²) >= 11 is 5.82. The van der Waals surface area contributed by atoms with Gasteiger partial charge in [0, 0.05) is 16.9 Å². The normalized spacial score (nSPS) is 22.4. The largest absolute Gasteiger partial charge is 0.497 e. The first-order valence-corrected chi connectivity index (χ1v) is 11.7. The highest BCUT2D eigenvalue weighted by molar-refractivity contribution is 7.80. The molecule has 35 heavy (non-hydrogen) atoms. The number of aryl methyl sites for hydroxylation is 1. The van der Waals surface area contributed by atoms with Crippen LogP contribution >= 0.6 is 12.2 Å². The van der Waals surface area contributed by atoms with Crippen LogP contribution in [0.2, 0.25) is 0 Å². The number of nitrogens with zero attached hydrogens (tertiary/aromatic N) is 1. The van der Waals surface area contributed by atoms with Gasteiger partial charge in [0.05, 0.1) is 20.3 Å². The molecule has 0 unspecified atom stereocenters. The number of amides is 1. The average Bonchev–Trinajstić information content (AvgIpc) is 2.83. The summed E-state index contributed by atoms with van der Waals surface area (Å²) in [6.45, 7) is 3.94. The Bertz CT molecular complexity index is 1300. The number of hydrogen-bond acceptors (Lipinski definition) is 5. The van der Waals surface area contributed by atoms with Crippen molar-refractivity contribution in [3.05, 3.63) is 77.9 Å². The molecule has 3 aromatic rings. The van der Waals surface area contributed by atoms with Gasteiger partial charge in [-0.15, -0.1) is 0 Å². The van der Waals surface area contributed by atoms with Crippen LogP contribution in [0.5, 0.6) is 17.2 Å². The minimum absolute atomic E-state index is 0.191. The predicted octanol–water partition coefficient (Wildman–Crippen LogP) is 4.81. The van der Waals surface area contributed by atoms with Crippen LogP contribution in [0.4, 0.5) is 11.4 Å². The SMILES string of the molecule is COc1ccc(NC(=O)[C@@H]2[C@@H]3NC(=S)N(c4cccc(C)c4)[C@@]2(C)Oc2ccc(OC)cc23)cc1. The molecular formula is C27H27N3O4S. The quantitative estimate of drug-likeness (QED) is 0.498. The number of nitrogens with one attached hydrogen (secondary N) is 2.